The molecule has 1 aliphatic heterocycles. The van der Waals surface area contributed by atoms with Crippen LogP contribution in [0.2, 0.25) is 0 Å². The number of rotatable bonds is 6. The monoisotopic (exact) mass is 414 g/mol. The average molecular weight is 415 g/mol. The Hall–Kier alpha value is -3.16. The number of aromatic nitrogens is 2. The quantitative estimate of drug-likeness (QED) is 0.753. The third-order valence-corrected chi connectivity index (χ3v) is 4.90. The Morgan fingerprint density at radius 3 is 2.73 bits per heavy atom. The van der Waals surface area contributed by atoms with Crippen LogP contribution < -0.4 is 15.8 Å². The van der Waals surface area contributed by atoms with Gasteiger partial charge in [0, 0.05) is 31.5 Å². The van der Waals surface area contributed by atoms with Crippen LogP contribution >= 0.6 is 0 Å². The predicted octanol–water partition coefficient (Wildman–Crippen LogP) is 2.77. The lowest BCUT2D eigenvalue weighted by molar-refractivity contribution is -0.137. The van der Waals surface area contributed by atoms with Gasteiger partial charge in [0.1, 0.15) is 6.54 Å². The molecule has 1 aliphatic rings. The van der Waals surface area contributed by atoms with Crippen molar-refractivity contribution in [1.29, 1.82) is 0 Å². The van der Waals surface area contributed by atoms with Crippen molar-refractivity contribution in [3.05, 3.63) is 52.7 Å². The first-order valence-corrected chi connectivity index (χ1v) is 10.4. The first kappa shape index (κ1) is 23.1. The largest absolute Gasteiger partial charge is 0.480 e. The maximum atomic E-state index is 12.7. The highest BCUT2D eigenvalue weighted by atomic mass is 16.4. The van der Waals surface area contributed by atoms with Gasteiger partial charge in [-0.3, -0.25) is 19.4 Å². The van der Waals surface area contributed by atoms with Gasteiger partial charge >= 0.3 is 5.97 Å². The van der Waals surface area contributed by atoms with Crippen molar-refractivity contribution in [3.8, 4) is 0 Å². The smallest absolute Gasteiger partial charge is 0.323 e. The Morgan fingerprint density at radius 1 is 1.27 bits per heavy atom. The molecule has 162 valence electrons. The fourth-order valence-electron chi connectivity index (χ4n) is 3.38. The molecule has 0 spiro atoms. The predicted molar refractivity (Wildman–Crippen MR) is 117 cm³/mol. The summed E-state index contributed by atoms with van der Waals surface area (Å²) in [5.74, 6) is -1.44. The molecule has 0 aromatic carbocycles. The molecule has 0 radical (unpaired) electrons. The number of carbonyl (C=O) groups is 2. The van der Waals surface area contributed by atoms with E-state index in [0.29, 0.717) is 12.2 Å². The Balaban J connectivity index is 0.00000155. The standard InChI is InChI=1S/C20H24N4O4.C2H6/c1-2-14-8-17(10-21-9-14)23-7-3-4-15(11-23)20(28)22-16-5-6-18(25)24(12-16)13-19(26)27;1-2/h5-6,8-10,12,15H,2-4,7,11,13H2,1H3,(H,22,28)(H,26,27);1-2H3/t15-;/m0./s1. The lowest BCUT2D eigenvalue weighted by atomic mass is 9.96. The van der Waals surface area contributed by atoms with E-state index in [2.05, 4.69) is 28.2 Å². The zero-order valence-corrected chi connectivity index (χ0v) is 17.8. The number of amides is 1. The molecule has 0 bridgehead atoms. The fourth-order valence-corrected chi connectivity index (χ4v) is 3.38. The summed E-state index contributed by atoms with van der Waals surface area (Å²) >= 11 is 0. The number of piperidine rings is 1. The molecule has 30 heavy (non-hydrogen) atoms. The number of nitrogens with zero attached hydrogens (tertiary/aromatic N) is 3. The van der Waals surface area contributed by atoms with E-state index in [9.17, 15) is 14.4 Å². The summed E-state index contributed by atoms with van der Waals surface area (Å²) in [7, 11) is 0. The van der Waals surface area contributed by atoms with Crippen LogP contribution in [0.1, 0.15) is 39.2 Å². The van der Waals surface area contributed by atoms with Crippen molar-refractivity contribution in [2.75, 3.05) is 23.3 Å². The Morgan fingerprint density at radius 2 is 2.03 bits per heavy atom. The summed E-state index contributed by atoms with van der Waals surface area (Å²) in [6.07, 6.45) is 7.62. The van der Waals surface area contributed by atoms with Gasteiger partial charge < -0.3 is 19.9 Å². The number of aliphatic carboxylic acids is 1. The second-order valence-corrected chi connectivity index (χ2v) is 6.96. The number of anilines is 2. The topological polar surface area (TPSA) is 105 Å². The van der Waals surface area contributed by atoms with Gasteiger partial charge in [-0.15, -0.1) is 0 Å². The van der Waals surface area contributed by atoms with E-state index in [4.69, 9.17) is 5.11 Å². The highest BCUT2D eigenvalue weighted by Crippen LogP contribution is 2.24. The Labute approximate surface area is 176 Å². The third-order valence-electron chi connectivity index (χ3n) is 4.90. The second kappa shape index (κ2) is 11.1. The van der Waals surface area contributed by atoms with Gasteiger partial charge in [0.25, 0.3) is 5.56 Å². The van der Waals surface area contributed by atoms with Crippen LogP contribution in [-0.4, -0.2) is 39.6 Å². The van der Waals surface area contributed by atoms with Gasteiger partial charge in [-0.25, -0.2) is 0 Å². The van der Waals surface area contributed by atoms with Crippen LogP contribution in [0, 0.1) is 5.92 Å². The molecule has 1 saturated heterocycles. The molecule has 2 aromatic heterocycles. The minimum Gasteiger partial charge on any atom is -0.480 e. The minimum atomic E-state index is -1.11. The lowest BCUT2D eigenvalue weighted by Gasteiger charge is -2.33. The van der Waals surface area contributed by atoms with E-state index >= 15 is 0 Å². The van der Waals surface area contributed by atoms with Gasteiger partial charge in [-0.1, -0.05) is 20.8 Å². The van der Waals surface area contributed by atoms with E-state index in [1.165, 1.54) is 18.3 Å². The van der Waals surface area contributed by atoms with E-state index in [1.807, 2.05) is 26.2 Å². The van der Waals surface area contributed by atoms with Crippen LogP contribution in [0.3, 0.4) is 0 Å². The number of hydrogen-bond acceptors (Lipinski definition) is 5. The van der Waals surface area contributed by atoms with E-state index < -0.39 is 18.1 Å². The van der Waals surface area contributed by atoms with Gasteiger partial charge in [0.15, 0.2) is 0 Å². The first-order chi connectivity index (χ1) is 14.5. The number of nitrogens with one attached hydrogen (secondary N) is 1. The molecule has 0 unspecified atom stereocenters. The molecule has 1 amide bonds. The highest BCUT2D eigenvalue weighted by Gasteiger charge is 2.26. The van der Waals surface area contributed by atoms with E-state index in [0.717, 1.165) is 41.6 Å². The molecular weight excluding hydrogens is 384 g/mol. The zero-order chi connectivity index (χ0) is 22.1. The number of aryl methyl sites for hydroxylation is 1. The average Bonchev–Trinajstić information content (AvgIpc) is 2.77. The number of carbonyl (C=O) groups excluding carboxylic acids is 1. The summed E-state index contributed by atoms with van der Waals surface area (Å²) in [6.45, 7) is 7.11. The molecule has 2 aromatic rings. The maximum Gasteiger partial charge on any atom is 0.323 e. The van der Waals surface area contributed by atoms with Crippen LogP contribution in [0.5, 0.6) is 0 Å². The van der Waals surface area contributed by atoms with Crippen molar-refractivity contribution in [2.24, 2.45) is 5.92 Å². The van der Waals surface area contributed by atoms with Crippen LogP contribution in [0.15, 0.2) is 41.6 Å². The molecular formula is C22H30N4O4. The SMILES string of the molecule is CC.CCc1cncc(N2CCC[C@H](C(=O)Nc3ccc(=O)n(CC(=O)O)c3)C2)c1. The van der Waals surface area contributed by atoms with E-state index in [-0.39, 0.29) is 11.8 Å². The van der Waals surface area contributed by atoms with Gasteiger partial charge in [-0.2, -0.15) is 0 Å². The number of carboxylic acids is 1. The third kappa shape index (κ3) is 6.17. The fraction of sp³-hybridized carbons (Fsp3) is 0.455. The number of hydrogen-bond donors (Lipinski definition) is 2. The van der Waals surface area contributed by atoms with Crippen molar-refractivity contribution < 1.29 is 14.7 Å². The molecule has 3 heterocycles. The lowest BCUT2D eigenvalue weighted by Crippen LogP contribution is -2.41. The summed E-state index contributed by atoms with van der Waals surface area (Å²) < 4.78 is 1.06. The van der Waals surface area contributed by atoms with Crippen LogP contribution in [-0.2, 0) is 22.6 Å². The molecule has 1 fully saturated rings. The van der Waals surface area contributed by atoms with Crippen molar-refractivity contribution >= 4 is 23.3 Å². The normalized spacial score (nSPS) is 15.7. The summed E-state index contributed by atoms with van der Waals surface area (Å²) in [5.41, 5.74) is 2.17. The van der Waals surface area contributed by atoms with Crippen molar-refractivity contribution in [2.45, 2.75) is 46.6 Å². The zero-order valence-electron chi connectivity index (χ0n) is 17.8. The van der Waals surface area contributed by atoms with Crippen molar-refractivity contribution in [3.63, 3.8) is 0 Å². The summed E-state index contributed by atoms with van der Waals surface area (Å²) in [4.78, 5) is 41.8. The Kier molecular flexibility index (Phi) is 8.58. The highest BCUT2D eigenvalue weighted by molar-refractivity contribution is 5.93. The summed E-state index contributed by atoms with van der Waals surface area (Å²) in [6, 6.07) is 4.86. The summed E-state index contributed by atoms with van der Waals surface area (Å²) in [5, 5.41) is 11.7. The Bertz CT molecular complexity index is 925. The van der Waals surface area contributed by atoms with Crippen molar-refractivity contribution in [1.82, 2.24) is 9.55 Å². The molecule has 0 saturated carbocycles. The molecule has 8 heteroatoms. The van der Waals surface area contributed by atoms with E-state index in [1.54, 1.807) is 0 Å². The molecule has 3 rings (SSSR count). The maximum absolute atomic E-state index is 12.7. The number of carboxylic acid groups (broad SMARTS) is 1. The van der Waals surface area contributed by atoms with Gasteiger partial charge in [-0.05, 0) is 37.0 Å². The molecule has 2 N–H and O–H groups in total. The molecule has 0 aliphatic carbocycles. The minimum absolute atomic E-state index is 0.134. The molecule has 1 atom stereocenters. The van der Waals surface area contributed by atoms with Gasteiger partial charge in [0.05, 0.1) is 23.5 Å². The van der Waals surface area contributed by atoms with Gasteiger partial charge in [0.2, 0.25) is 5.91 Å². The number of pyridine rings is 2. The van der Waals surface area contributed by atoms with Crippen LogP contribution in [0.25, 0.3) is 0 Å². The first-order valence-electron chi connectivity index (χ1n) is 10.4. The second-order valence-electron chi connectivity index (χ2n) is 6.96. The van der Waals surface area contributed by atoms with Crippen LogP contribution in [0.4, 0.5) is 11.4 Å². The molecule has 8 nitrogen and oxygen atoms in total.